The lowest BCUT2D eigenvalue weighted by molar-refractivity contribution is 0.251. The molecular weight excluding hydrogens is 386 g/mol. The van der Waals surface area contributed by atoms with Crippen molar-refractivity contribution in [2.24, 2.45) is 5.92 Å². The normalized spacial score (nSPS) is 23.1. The molecule has 0 amide bonds. The van der Waals surface area contributed by atoms with Crippen LogP contribution in [0.2, 0.25) is 0 Å². The molecule has 0 spiro atoms. The maximum atomic E-state index is 13.3. The van der Waals surface area contributed by atoms with Gasteiger partial charge in [0.2, 0.25) is 0 Å². The molecule has 3 aliphatic heterocycles. The van der Waals surface area contributed by atoms with E-state index in [0.717, 1.165) is 63.4 Å². The van der Waals surface area contributed by atoms with Gasteiger partial charge >= 0.3 is 0 Å². The fourth-order valence-corrected chi connectivity index (χ4v) is 5.72. The number of aromatic nitrogens is 3. The Morgan fingerprint density at radius 1 is 1.03 bits per heavy atom. The Hall–Kier alpha value is -2.70. The topological polar surface area (TPSA) is 66.0 Å². The summed E-state index contributed by atoms with van der Waals surface area (Å²) in [6, 6.07) is 14.7. The summed E-state index contributed by atoms with van der Waals surface area (Å²) in [7, 11) is 0. The molecule has 0 saturated carbocycles. The molecule has 31 heavy (non-hydrogen) atoms. The summed E-state index contributed by atoms with van der Waals surface area (Å²) in [4.78, 5) is 15.7. The average molecular weight is 416 g/mol. The third kappa shape index (κ3) is 3.44. The van der Waals surface area contributed by atoms with Crippen LogP contribution in [0, 0.1) is 5.92 Å². The van der Waals surface area contributed by atoms with Gasteiger partial charge in [-0.15, -0.1) is 0 Å². The predicted molar refractivity (Wildman–Crippen MR) is 121 cm³/mol. The van der Waals surface area contributed by atoms with Crippen LogP contribution in [0.4, 0.5) is 0 Å². The number of nitrogens with one attached hydrogen (secondary N) is 2. The Morgan fingerprint density at radius 3 is 2.81 bits per heavy atom. The van der Waals surface area contributed by atoms with E-state index in [2.05, 4.69) is 61.4 Å². The molecule has 1 aromatic carbocycles. The van der Waals surface area contributed by atoms with Crippen molar-refractivity contribution in [3.8, 4) is 11.3 Å². The monoisotopic (exact) mass is 415 g/mol. The first kappa shape index (κ1) is 19.0. The van der Waals surface area contributed by atoms with Crippen molar-refractivity contribution >= 4 is 0 Å². The molecule has 1 fully saturated rings. The van der Waals surface area contributed by atoms with Crippen LogP contribution in [0.3, 0.4) is 0 Å². The summed E-state index contributed by atoms with van der Waals surface area (Å²) in [6.45, 7) is 5.51. The zero-order valence-corrected chi connectivity index (χ0v) is 17.8. The first-order valence-corrected chi connectivity index (χ1v) is 11.5. The van der Waals surface area contributed by atoms with Crippen LogP contribution in [-0.2, 0) is 25.9 Å². The summed E-state index contributed by atoms with van der Waals surface area (Å²) in [6.07, 6.45) is 3.11. The summed E-state index contributed by atoms with van der Waals surface area (Å²) in [5.41, 5.74) is 7.20. The Kier molecular flexibility index (Phi) is 4.77. The first-order valence-electron chi connectivity index (χ1n) is 11.5. The van der Waals surface area contributed by atoms with Gasteiger partial charge in [0.1, 0.15) is 0 Å². The van der Waals surface area contributed by atoms with Gasteiger partial charge in [0.15, 0.2) is 0 Å². The SMILES string of the molecule is O=c1c(CN2CCc3[nH]nc(-c4ccccc4)c3CC2)ccc2n1C[C@@H]1CNC[C@H]2C1. The average Bonchev–Trinajstić information content (AvgIpc) is 3.11. The van der Waals surface area contributed by atoms with Crippen LogP contribution in [0.15, 0.2) is 47.3 Å². The number of hydrogen-bond donors (Lipinski definition) is 2. The summed E-state index contributed by atoms with van der Waals surface area (Å²) in [5.74, 6) is 1.08. The van der Waals surface area contributed by atoms with E-state index >= 15 is 0 Å². The van der Waals surface area contributed by atoms with Crippen molar-refractivity contribution in [3.63, 3.8) is 0 Å². The van der Waals surface area contributed by atoms with Gasteiger partial charge in [0.05, 0.1) is 5.69 Å². The summed E-state index contributed by atoms with van der Waals surface area (Å²) in [5, 5.41) is 11.4. The van der Waals surface area contributed by atoms with E-state index in [0.29, 0.717) is 11.8 Å². The molecular formula is C25H29N5O. The quantitative estimate of drug-likeness (QED) is 0.690. The molecule has 3 aliphatic rings. The molecule has 0 unspecified atom stereocenters. The maximum Gasteiger partial charge on any atom is 0.255 e. The lowest BCUT2D eigenvalue weighted by Crippen LogP contribution is -2.45. The highest BCUT2D eigenvalue weighted by atomic mass is 16.1. The fourth-order valence-electron chi connectivity index (χ4n) is 5.72. The standard InChI is InChI=1S/C25H29N5O/c31-25-19(6-7-23-20-12-17(13-26-14-20)15-30(23)25)16-29-10-8-21-22(9-11-29)27-28-24(21)18-4-2-1-3-5-18/h1-7,17,20,26H,8-16H2,(H,27,28)/t17-,20+/m0/s1. The Morgan fingerprint density at radius 2 is 1.90 bits per heavy atom. The van der Waals surface area contributed by atoms with Crippen molar-refractivity contribution in [3.05, 3.63) is 75.3 Å². The molecule has 1 saturated heterocycles. The number of pyridine rings is 1. The van der Waals surface area contributed by atoms with Crippen LogP contribution in [0.25, 0.3) is 11.3 Å². The van der Waals surface area contributed by atoms with Crippen LogP contribution < -0.4 is 10.9 Å². The molecule has 2 atom stereocenters. The maximum absolute atomic E-state index is 13.3. The smallest absolute Gasteiger partial charge is 0.255 e. The van der Waals surface area contributed by atoms with Gasteiger partial charge in [0, 0.05) is 73.1 Å². The van der Waals surface area contributed by atoms with Crippen molar-refractivity contribution < 1.29 is 0 Å². The Bertz CT molecular complexity index is 1150. The largest absolute Gasteiger partial charge is 0.316 e. The third-order valence-corrected chi connectivity index (χ3v) is 7.34. The zero-order chi connectivity index (χ0) is 20.8. The molecule has 6 rings (SSSR count). The van der Waals surface area contributed by atoms with Crippen molar-refractivity contribution in [2.45, 2.75) is 38.3 Å². The fraction of sp³-hybridized carbons (Fsp3) is 0.440. The summed E-state index contributed by atoms with van der Waals surface area (Å²) < 4.78 is 2.08. The molecule has 160 valence electrons. The number of piperidine rings is 1. The highest BCUT2D eigenvalue weighted by molar-refractivity contribution is 5.64. The number of nitrogens with zero attached hydrogens (tertiary/aromatic N) is 3. The third-order valence-electron chi connectivity index (χ3n) is 7.34. The predicted octanol–water partition coefficient (Wildman–Crippen LogP) is 2.55. The minimum atomic E-state index is 0.225. The van der Waals surface area contributed by atoms with Gasteiger partial charge in [-0.2, -0.15) is 5.10 Å². The molecule has 3 aromatic rings. The summed E-state index contributed by atoms with van der Waals surface area (Å²) >= 11 is 0. The van der Waals surface area contributed by atoms with E-state index in [1.54, 1.807) is 0 Å². The van der Waals surface area contributed by atoms with Gasteiger partial charge in [-0.1, -0.05) is 36.4 Å². The van der Waals surface area contributed by atoms with E-state index in [-0.39, 0.29) is 5.56 Å². The molecule has 0 aliphatic carbocycles. The van der Waals surface area contributed by atoms with E-state index in [1.807, 2.05) is 6.07 Å². The highest BCUT2D eigenvalue weighted by Gasteiger charge is 2.31. The number of benzene rings is 1. The number of fused-ring (bicyclic) bond motifs is 5. The zero-order valence-electron chi connectivity index (χ0n) is 17.8. The van der Waals surface area contributed by atoms with Gasteiger partial charge in [0.25, 0.3) is 5.56 Å². The number of hydrogen-bond acceptors (Lipinski definition) is 4. The van der Waals surface area contributed by atoms with E-state index in [9.17, 15) is 4.79 Å². The van der Waals surface area contributed by atoms with E-state index in [4.69, 9.17) is 0 Å². The second-order valence-corrected chi connectivity index (χ2v) is 9.33. The highest BCUT2D eigenvalue weighted by Crippen LogP contribution is 2.32. The molecule has 6 heteroatoms. The van der Waals surface area contributed by atoms with Gasteiger partial charge in [-0.3, -0.25) is 14.8 Å². The first-order chi connectivity index (χ1) is 15.3. The number of aromatic amines is 1. The van der Waals surface area contributed by atoms with Crippen molar-refractivity contribution in [1.82, 2.24) is 25.0 Å². The van der Waals surface area contributed by atoms with Crippen molar-refractivity contribution in [1.29, 1.82) is 0 Å². The molecule has 6 nitrogen and oxygen atoms in total. The second-order valence-electron chi connectivity index (χ2n) is 9.33. The van der Waals surface area contributed by atoms with Crippen LogP contribution >= 0.6 is 0 Å². The number of H-pyrrole nitrogens is 1. The molecule has 2 N–H and O–H groups in total. The number of rotatable bonds is 3. The van der Waals surface area contributed by atoms with Gasteiger partial charge in [-0.25, -0.2) is 0 Å². The Balaban J connectivity index is 1.22. The van der Waals surface area contributed by atoms with Crippen molar-refractivity contribution in [2.75, 3.05) is 26.2 Å². The van der Waals surface area contributed by atoms with E-state index in [1.165, 1.54) is 28.9 Å². The minimum absolute atomic E-state index is 0.225. The molecule has 0 radical (unpaired) electrons. The lowest BCUT2D eigenvalue weighted by atomic mass is 9.84. The van der Waals surface area contributed by atoms with Crippen LogP contribution in [-0.4, -0.2) is 45.8 Å². The van der Waals surface area contributed by atoms with Crippen LogP contribution in [0.1, 0.15) is 34.9 Å². The van der Waals surface area contributed by atoms with Gasteiger partial charge in [-0.05, 0) is 31.4 Å². The van der Waals surface area contributed by atoms with Crippen LogP contribution in [0.5, 0.6) is 0 Å². The lowest BCUT2D eigenvalue weighted by Gasteiger charge is -2.37. The van der Waals surface area contributed by atoms with E-state index < -0.39 is 0 Å². The molecule has 2 aromatic heterocycles. The Labute approximate surface area is 182 Å². The molecule has 2 bridgehead atoms. The second kappa shape index (κ2) is 7.77. The minimum Gasteiger partial charge on any atom is -0.316 e. The molecule has 5 heterocycles. The van der Waals surface area contributed by atoms with Gasteiger partial charge < -0.3 is 9.88 Å².